The molecule has 16 heavy (non-hydrogen) atoms. The molecular weight excluding hydrogens is 249 g/mol. The van der Waals surface area contributed by atoms with E-state index in [4.69, 9.17) is 28.3 Å². The predicted octanol–water partition coefficient (Wildman–Crippen LogP) is 2.72. The molecule has 5 heteroatoms. The highest BCUT2D eigenvalue weighted by Crippen LogP contribution is 2.13. The molecule has 2 N–H and O–H groups in total. The van der Waals surface area contributed by atoms with Crippen LogP contribution in [-0.2, 0) is 4.79 Å². The smallest absolute Gasteiger partial charge is 0.325 e. The lowest BCUT2D eigenvalue weighted by atomic mass is 10.1. The lowest BCUT2D eigenvalue weighted by Gasteiger charge is -2.14. The molecule has 0 bridgehead atoms. The van der Waals surface area contributed by atoms with Crippen LogP contribution in [0.1, 0.15) is 11.6 Å². The Morgan fingerprint density at radius 3 is 2.56 bits per heavy atom. The highest BCUT2D eigenvalue weighted by atomic mass is 35.5. The van der Waals surface area contributed by atoms with Crippen LogP contribution in [0, 0.1) is 0 Å². The Morgan fingerprint density at radius 2 is 2.06 bits per heavy atom. The van der Waals surface area contributed by atoms with Gasteiger partial charge in [0.25, 0.3) is 0 Å². The van der Waals surface area contributed by atoms with Gasteiger partial charge in [-0.1, -0.05) is 53.5 Å². The summed E-state index contributed by atoms with van der Waals surface area (Å²) < 4.78 is 0. The number of rotatable bonds is 5. The topological polar surface area (TPSA) is 49.3 Å². The van der Waals surface area contributed by atoms with Gasteiger partial charge in [-0.25, -0.2) is 0 Å². The zero-order valence-electron chi connectivity index (χ0n) is 8.36. The first kappa shape index (κ1) is 13.0. The molecule has 3 nitrogen and oxygen atoms in total. The number of hydrogen-bond acceptors (Lipinski definition) is 2. The van der Waals surface area contributed by atoms with Crippen molar-refractivity contribution < 1.29 is 9.90 Å². The molecule has 0 saturated heterocycles. The molecular formula is C11H11Cl2NO2. The lowest BCUT2D eigenvalue weighted by Crippen LogP contribution is -2.29. The van der Waals surface area contributed by atoms with Crippen LogP contribution in [0.3, 0.4) is 0 Å². The SMILES string of the molecule is O=C(O)C(NCC(Cl)=CCl)c1ccccc1. The van der Waals surface area contributed by atoms with Crippen molar-refractivity contribution >= 4 is 29.2 Å². The second-order valence-electron chi connectivity index (χ2n) is 3.12. The van der Waals surface area contributed by atoms with Gasteiger partial charge in [0.1, 0.15) is 6.04 Å². The van der Waals surface area contributed by atoms with Crippen molar-refractivity contribution in [3.8, 4) is 0 Å². The van der Waals surface area contributed by atoms with Crippen LogP contribution in [0.2, 0.25) is 0 Å². The van der Waals surface area contributed by atoms with E-state index >= 15 is 0 Å². The molecule has 0 heterocycles. The third-order valence-electron chi connectivity index (χ3n) is 1.97. The predicted molar refractivity (Wildman–Crippen MR) is 64.6 cm³/mol. The number of nitrogens with one attached hydrogen (secondary N) is 1. The van der Waals surface area contributed by atoms with E-state index in [1.54, 1.807) is 24.3 Å². The van der Waals surface area contributed by atoms with Crippen molar-refractivity contribution in [2.75, 3.05) is 6.54 Å². The van der Waals surface area contributed by atoms with Crippen LogP contribution in [0.15, 0.2) is 40.9 Å². The monoisotopic (exact) mass is 259 g/mol. The van der Waals surface area contributed by atoms with Gasteiger partial charge in [0.2, 0.25) is 0 Å². The van der Waals surface area contributed by atoms with Crippen LogP contribution in [0.4, 0.5) is 0 Å². The minimum absolute atomic E-state index is 0.219. The Hall–Kier alpha value is -1.03. The van der Waals surface area contributed by atoms with Gasteiger partial charge >= 0.3 is 5.97 Å². The summed E-state index contributed by atoms with van der Waals surface area (Å²) in [7, 11) is 0. The van der Waals surface area contributed by atoms with Crippen molar-refractivity contribution in [2.24, 2.45) is 0 Å². The molecule has 0 aliphatic rings. The standard InChI is InChI=1S/C11H11Cl2NO2/c12-6-9(13)7-14-10(11(15)16)8-4-2-1-3-5-8/h1-6,10,14H,7H2,(H,15,16). The number of carboxylic acid groups (broad SMARTS) is 1. The summed E-state index contributed by atoms with van der Waals surface area (Å²) in [5, 5.41) is 12.2. The van der Waals surface area contributed by atoms with Crippen LogP contribution >= 0.6 is 23.2 Å². The van der Waals surface area contributed by atoms with Crippen molar-refractivity contribution in [3.05, 3.63) is 46.5 Å². The Kier molecular flexibility index (Phi) is 5.32. The van der Waals surface area contributed by atoms with Gasteiger partial charge in [0, 0.05) is 17.1 Å². The summed E-state index contributed by atoms with van der Waals surface area (Å²) in [6.07, 6.45) is 0. The first-order valence-electron chi connectivity index (χ1n) is 4.61. The van der Waals surface area contributed by atoms with Crippen LogP contribution in [-0.4, -0.2) is 17.6 Å². The number of halogens is 2. The number of hydrogen-bond donors (Lipinski definition) is 2. The molecule has 0 saturated carbocycles. The maximum atomic E-state index is 11.0. The van der Waals surface area contributed by atoms with E-state index in [1.807, 2.05) is 6.07 Å². The van der Waals surface area contributed by atoms with Crippen LogP contribution in [0.25, 0.3) is 0 Å². The molecule has 0 spiro atoms. The molecule has 0 radical (unpaired) electrons. The van der Waals surface area contributed by atoms with E-state index in [0.29, 0.717) is 10.6 Å². The number of aliphatic carboxylic acids is 1. The number of carbonyl (C=O) groups is 1. The number of carboxylic acids is 1. The second-order valence-corrected chi connectivity index (χ2v) is 3.82. The molecule has 0 aliphatic heterocycles. The second kappa shape index (κ2) is 6.53. The highest BCUT2D eigenvalue weighted by Gasteiger charge is 2.18. The molecule has 1 atom stereocenters. The molecule has 1 rings (SSSR count). The van der Waals surface area contributed by atoms with Crippen LogP contribution < -0.4 is 5.32 Å². The molecule has 1 aromatic carbocycles. The van der Waals surface area contributed by atoms with Crippen LogP contribution in [0.5, 0.6) is 0 Å². The lowest BCUT2D eigenvalue weighted by molar-refractivity contribution is -0.139. The van der Waals surface area contributed by atoms with Gasteiger partial charge in [0.15, 0.2) is 0 Å². The summed E-state index contributed by atoms with van der Waals surface area (Å²) >= 11 is 11.1. The normalized spacial score (nSPS) is 13.5. The highest BCUT2D eigenvalue weighted by molar-refractivity contribution is 6.36. The van der Waals surface area contributed by atoms with Crippen molar-refractivity contribution in [1.82, 2.24) is 5.32 Å². The summed E-state index contributed by atoms with van der Waals surface area (Å²) in [5.74, 6) is -0.953. The Morgan fingerprint density at radius 1 is 1.44 bits per heavy atom. The van der Waals surface area contributed by atoms with E-state index in [1.165, 1.54) is 5.54 Å². The maximum absolute atomic E-state index is 11.0. The minimum Gasteiger partial charge on any atom is -0.480 e. The van der Waals surface area contributed by atoms with Gasteiger partial charge in [-0.3, -0.25) is 10.1 Å². The minimum atomic E-state index is -0.953. The van der Waals surface area contributed by atoms with Crippen molar-refractivity contribution in [3.63, 3.8) is 0 Å². The van der Waals surface area contributed by atoms with E-state index in [9.17, 15) is 4.79 Å². The van der Waals surface area contributed by atoms with E-state index in [-0.39, 0.29) is 6.54 Å². The fourth-order valence-corrected chi connectivity index (χ4v) is 1.39. The first-order chi connectivity index (χ1) is 7.65. The van der Waals surface area contributed by atoms with Gasteiger partial charge < -0.3 is 5.11 Å². The molecule has 0 aromatic heterocycles. The maximum Gasteiger partial charge on any atom is 0.325 e. The fraction of sp³-hybridized carbons (Fsp3) is 0.182. The molecule has 0 aliphatic carbocycles. The molecule has 0 fully saturated rings. The van der Waals surface area contributed by atoms with E-state index < -0.39 is 12.0 Å². The molecule has 86 valence electrons. The Labute approximate surface area is 104 Å². The molecule has 1 aromatic rings. The van der Waals surface area contributed by atoms with E-state index in [2.05, 4.69) is 5.32 Å². The largest absolute Gasteiger partial charge is 0.480 e. The average molecular weight is 260 g/mol. The first-order valence-corrected chi connectivity index (χ1v) is 5.42. The average Bonchev–Trinajstić information content (AvgIpc) is 2.30. The summed E-state index contributed by atoms with van der Waals surface area (Å²) in [4.78, 5) is 11.0. The molecule has 1 unspecified atom stereocenters. The molecule has 0 amide bonds. The quantitative estimate of drug-likeness (QED) is 0.855. The summed E-state index contributed by atoms with van der Waals surface area (Å²) in [6, 6.07) is 8.09. The third-order valence-corrected chi connectivity index (χ3v) is 2.59. The summed E-state index contributed by atoms with van der Waals surface area (Å²) in [5.41, 5.74) is 1.88. The zero-order valence-corrected chi connectivity index (χ0v) is 9.87. The van der Waals surface area contributed by atoms with Crippen molar-refractivity contribution in [1.29, 1.82) is 0 Å². The number of benzene rings is 1. The fourth-order valence-electron chi connectivity index (χ4n) is 1.23. The van der Waals surface area contributed by atoms with Gasteiger partial charge in [-0.15, -0.1) is 0 Å². The Bertz CT molecular complexity index is 379. The summed E-state index contributed by atoms with van der Waals surface area (Å²) in [6.45, 7) is 0.219. The zero-order chi connectivity index (χ0) is 12.0. The van der Waals surface area contributed by atoms with Gasteiger partial charge in [-0.2, -0.15) is 0 Å². The van der Waals surface area contributed by atoms with Crippen molar-refractivity contribution in [2.45, 2.75) is 6.04 Å². The van der Waals surface area contributed by atoms with Gasteiger partial charge in [0.05, 0.1) is 0 Å². The third kappa shape index (κ3) is 3.85. The van der Waals surface area contributed by atoms with E-state index in [0.717, 1.165) is 0 Å². The Balaban J connectivity index is 2.73. The van der Waals surface area contributed by atoms with Gasteiger partial charge in [-0.05, 0) is 5.56 Å².